The van der Waals surface area contributed by atoms with E-state index in [-0.39, 0.29) is 0 Å². The van der Waals surface area contributed by atoms with Crippen LogP contribution in [-0.2, 0) is 6.54 Å². The van der Waals surface area contributed by atoms with E-state index in [1.165, 1.54) is 42.7 Å². The zero-order valence-electron chi connectivity index (χ0n) is 9.38. The van der Waals surface area contributed by atoms with Crippen LogP contribution in [0, 0.1) is 18.3 Å². The molecule has 0 saturated heterocycles. The van der Waals surface area contributed by atoms with Crippen LogP contribution in [0.1, 0.15) is 36.1 Å². The monoisotopic (exact) mass is 221 g/mol. The molecule has 0 aromatic carbocycles. The van der Waals surface area contributed by atoms with E-state index >= 15 is 0 Å². The zero-order valence-corrected chi connectivity index (χ0v) is 10.2. The molecule has 1 heterocycles. The van der Waals surface area contributed by atoms with Crippen LogP contribution in [-0.4, -0.2) is 6.54 Å². The van der Waals surface area contributed by atoms with Gasteiger partial charge in [-0.05, 0) is 60.9 Å². The lowest BCUT2D eigenvalue weighted by Gasteiger charge is -2.14. The van der Waals surface area contributed by atoms with Crippen LogP contribution >= 0.6 is 11.3 Å². The average molecular weight is 221 g/mol. The summed E-state index contributed by atoms with van der Waals surface area (Å²) >= 11 is 1.88. The molecule has 1 nitrogen and oxygen atoms in total. The molecule has 2 saturated carbocycles. The highest BCUT2D eigenvalue weighted by molar-refractivity contribution is 7.10. The van der Waals surface area contributed by atoms with Crippen molar-refractivity contribution < 1.29 is 0 Å². The van der Waals surface area contributed by atoms with Crippen molar-refractivity contribution in [3.05, 3.63) is 21.9 Å². The standard InChI is InChI=1S/C13H19NS/c1-10-4-7-15-12(10)8-14-9-13(5-6-13)11-2-3-11/h4,7,11,14H,2-3,5-6,8-9H2,1H3. The Balaban J connectivity index is 1.49. The van der Waals surface area contributed by atoms with Crippen molar-refractivity contribution >= 4 is 11.3 Å². The van der Waals surface area contributed by atoms with Gasteiger partial charge in [0.2, 0.25) is 0 Å². The summed E-state index contributed by atoms with van der Waals surface area (Å²) in [4.78, 5) is 1.52. The van der Waals surface area contributed by atoms with E-state index in [1.54, 1.807) is 0 Å². The summed E-state index contributed by atoms with van der Waals surface area (Å²) in [7, 11) is 0. The highest BCUT2D eigenvalue weighted by Crippen LogP contribution is 2.60. The van der Waals surface area contributed by atoms with Gasteiger partial charge in [-0.15, -0.1) is 11.3 Å². The van der Waals surface area contributed by atoms with Crippen molar-refractivity contribution in [1.29, 1.82) is 0 Å². The lowest BCUT2D eigenvalue weighted by molar-refractivity contribution is 0.404. The van der Waals surface area contributed by atoms with Gasteiger partial charge < -0.3 is 5.32 Å². The van der Waals surface area contributed by atoms with Crippen molar-refractivity contribution in [2.24, 2.45) is 11.3 Å². The number of rotatable bonds is 5. The largest absolute Gasteiger partial charge is 0.311 e. The number of hydrogen-bond acceptors (Lipinski definition) is 2. The number of thiophene rings is 1. The molecule has 0 amide bonds. The van der Waals surface area contributed by atoms with Gasteiger partial charge in [-0.25, -0.2) is 0 Å². The topological polar surface area (TPSA) is 12.0 Å². The second-order valence-electron chi connectivity index (χ2n) is 5.27. The van der Waals surface area contributed by atoms with Crippen molar-refractivity contribution in [2.75, 3.05) is 6.54 Å². The predicted octanol–water partition coefficient (Wildman–Crippen LogP) is 3.34. The Morgan fingerprint density at radius 3 is 2.80 bits per heavy atom. The molecule has 0 spiro atoms. The van der Waals surface area contributed by atoms with Gasteiger partial charge in [-0.1, -0.05) is 0 Å². The summed E-state index contributed by atoms with van der Waals surface area (Å²) in [6.07, 6.45) is 5.96. The molecule has 2 aliphatic carbocycles. The summed E-state index contributed by atoms with van der Waals surface area (Å²) in [5.74, 6) is 1.08. The van der Waals surface area contributed by atoms with Crippen LogP contribution in [0.3, 0.4) is 0 Å². The SMILES string of the molecule is Cc1ccsc1CNCC1(C2CC2)CC1. The average Bonchev–Trinajstić information content (AvgIpc) is 3.10. The number of nitrogens with one attached hydrogen (secondary N) is 1. The molecule has 0 atom stereocenters. The lowest BCUT2D eigenvalue weighted by Crippen LogP contribution is -2.24. The fourth-order valence-electron chi connectivity index (χ4n) is 2.60. The van der Waals surface area contributed by atoms with Crippen LogP contribution < -0.4 is 5.32 Å². The Labute approximate surface area is 95.9 Å². The van der Waals surface area contributed by atoms with Gasteiger partial charge in [0.1, 0.15) is 0 Å². The first kappa shape index (κ1) is 9.86. The van der Waals surface area contributed by atoms with E-state index in [4.69, 9.17) is 0 Å². The second-order valence-corrected chi connectivity index (χ2v) is 6.27. The third-order valence-electron chi connectivity index (χ3n) is 4.07. The summed E-state index contributed by atoms with van der Waals surface area (Å²) < 4.78 is 0. The Bertz CT molecular complexity index is 347. The Morgan fingerprint density at radius 2 is 2.27 bits per heavy atom. The van der Waals surface area contributed by atoms with E-state index in [0.29, 0.717) is 0 Å². The van der Waals surface area contributed by atoms with E-state index in [0.717, 1.165) is 17.9 Å². The fraction of sp³-hybridized carbons (Fsp3) is 0.692. The number of aryl methyl sites for hydroxylation is 1. The molecule has 2 heteroatoms. The first-order valence-electron chi connectivity index (χ1n) is 6.04. The molecule has 2 aliphatic rings. The minimum absolute atomic E-state index is 0.741. The van der Waals surface area contributed by atoms with Gasteiger partial charge in [-0.2, -0.15) is 0 Å². The molecule has 82 valence electrons. The van der Waals surface area contributed by atoms with Crippen LogP contribution in [0.25, 0.3) is 0 Å². The normalized spacial score (nSPS) is 23.0. The molecule has 0 radical (unpaired) electrons. The van der Waals surface area contributed by atoms with E-state index in [1.807, 2.05) is 11.3 Å². The number of hydrogen-bond donors (Lipinski definition) is 1. The predicted molar refractivity (Wildman–Crippen MR) is 65.2 cm³/mol. The van der Waals surface area contributed by atoms with Crippen LogP contribution in [0.15, 0.2) is 11.4 Å². The van der Waals surface area contributed by atoms with Gasteiger partial charge in [-0.3, -0.25) is 0 Å². The van der Waals surface area contributed by atoms with Crippen molar-refractivity contribution in [3.8, 4) is 0 Å². The molecule has 1 aromatic rings. The zero-order chi connectivity index (χ0) is 10.3. The maximum Gasteiger partial charge on any atom is 0.0302 e. The van der Waals surface area contributed by atoms with Gasteiger partial charge in [0.15, 0.2) is 0 Å². The van der Waals surface area contributed by atoms with Gasteiger partial charge in [0, 0.05) is 18.0 Å². The highest BCUT2D eigenvalue weighted by atomic mass is 32.1. The molecule has 1 N–H and O–H groups in total. The Hall–Kier alpha value is -0.340. The van der Waals surface area contributed by atoms with Crippen LogP contribution in [0.5, 0.6) is 0 Å². The summed E-state index contributed by atoms with van der Waals surface area (Å²) in [5, 5.41) is 5.86. The summed E-state index contributed by atoms with van der Waals surface area (Å²) in [6, 6.07) is 2.22. The highest BCUT2D eigenvalue weighted by Gasteiger charge is 2.53. The fourth-order valence-corrected chi connectivity index (χ4v) is 3.47. The Morgan fingerprint density at radius 1 is 1.47 bits per heavy atom. The molecule has 0 aliphatic heterocycles. The van der Waals surface area contributed by atoms with Gasteiger partial charge in [0.05, 0.1) is 0 Å². The molecule has 3 rings (SSSR count). The third-order valence-corrected chi connectivity index (χ3v) is 5.09. The first-order chi connectivity index (χ1) is 7.30. The molecule has 0 bridgehead atoms. The second kappa shape index (κ2) is 3.60. The van der Waals surface area contributed by atoms with Gasteiger partial charge >= 0.3 is 0 Å². The van der Waals surface area contributed by atoms with Gasteiger partial charge in [0.25, 0.3) is 0 Å². The van der Waals surface area contributed by atoms with E-state index in [9.17, 15) is 0 Å². The molecule has 0 unspecified atom stereocenters. The molecule has 2 fully saturated rings. The summed E-state index contributed by atoms with van der Waals surface area (Å²) in [6.45, 7) is 4.55. The van der Waals surface area contributed by atoms with Crippen LogP contribution in [0.2, 0.25) is 0 Å². The quantitative estimate of drug-likeness (QED) is 0.804. The third kappa shape index (κ3) is 1.98. The van der Waals surface area contributed by atoms with E-state index < -0.39 is 0 Å². The molecular weight excluding hydrogens is 202 g/mol. The minimum atomic E-state index is 0.741. The maximum atomic E-state index is 3.66. The van der Waals surface area contributed by atoms with Crippen molar-refractivity contribution in [2.45, 2.75) is 39.2 Å². The van der Waals surface area contributed by atoms with Crippen molar-refractivity contribution in [1.82, 2.24) is 5.32 Å². The Kier molecular flexibility index (Phi) is 2.37. The van der Waals surface area contributed by atoms with E-state index in [2.05, 4.69) is 23.7 Å². The maximum absolute atomic E-state index is 3.66. The summed E-state index contributed by atoms with van der Waals surface area (Å²) in [5.41, 5.74) is 2.19. The molecule has 1 aromatic heterocycles. The smallest absolute Gasteiger partial charge is 0.0302 e. The van der Waals surface area contributed by atoms with Crippen LogP contribution in [0.4, 0.5) is 0 Å². The first-order valence-corrected chi connectivity index (χ1v) is 6.92. The lowest BCUT2D eigenvalue weighted by atomic mass is 10.0. The minimum Gasteiger partial charge on any atom is -0.311 e. The van der Waals surface area contributed by atoms with Crippen molar-refractivity contribution in [3.63, 3.8) is 0 Å². The molecule has 15 heavy (non-hydrogen) atoms. The molecular formula is C13H19NS.